The smallest absolute Gasteiger partial charge is 0.185 e. The van der Waals surface area contributed by atoms with Crippen LogP contribution >= 0.6 is 11.3 Å². The van der Waals surface area contributed by atoms with Gasteiger partial charge in [-0.25, -0.2) is 4.98 Å². The first-order valence-electron chi connectivity index (χ1n) is 8.84. The van der Waals surface area contributed by atoms with Crippen LogP contribution in [0.4, 0.5) is 5.13 Å². The highest BCUT2D eigenvalue weighted by Crippen LogP contribution is 2.32. The van der Waals surface area contributed by atoms with Crippen molar-refractivity contribution < 1.29 is 9.47 Å². The number of hydrogen-bond donors (Lipinski definition) is 0. The number of piperidine rings is 1. The molecule has 2 aliphatic heterocycles. The van der Waals surface area contributed by atoms with Gasteiger partial charge in [0.05, 0.1) is 24.2 Å². The summed E-state index contributed by atoms with van der Waals surface area (Å²) in [7, 11) is 0. The summed E-state index contributed by atoms with van der Waals surface area (Å²) in [5, 5.41) is 1.14. The van der Waals surface area contributed by atoms with Gasteiger partial charge in [-0.05, 0) is 24.8 Å². The molecule has 5 heteroatoms. The van der Waals surface area contributed by atoms with Crippen LogP contribution in [0, 0.1) is 5.92 Å². The highest BCUT2D eigenvalue weighted by atomic mass is 32.1. The molecular weight excluding hydrogens is 320 g/mol. The lowest BCUT2D eigenvalue weighted by atomic mass is 10.1. The van der Waals surface area contributed by atoms with Crippen molar-refractivity contribution >= 4 is 16.5 Å². The zero-order valence-corrected chi connectivity index (χ0v) is 14.7. The van der Waals surface area contributed by atoms with Crippen molar-refractivity contribution in [3.8, 4) is 10.4 Å². The van der Waals surface area contributed by atoms with Crippen molar-refractivity contribution in [1.29, 1.82) is 0 Å². The Morgan fingerprint density at radius 1 is 1.17 bits per heavy atom. The van der Waals surface area contributed by atoms with Crippen LogP contribution < -0.4 is 4.90 Å². The van der Waals surface area contributed by atoms with Crippen molar-refractivity contribution in [2.45, 2.75) is 25.4 Å². The second-order valence-corrected chi connectivity index (χ2v) is 7.63. The second-order valence-electron chi connectivity index (χ2n) is 6.62. The normalized spacial score (nSPS) is 22.2. The lowest BCUT2D eigenvalue weighted by Crippen LogP contribution is -2.37. The molecular formula is C19H24N2O2S. The molecule has 2 saturated heterocycles. The first-order valence-corrected chi connectivity index (χ1v) is 9.65. The highest BCUT2D eigenvalue weighted by Gasteiger charge is 2.24. The fourth-order valence-corrected chi connectivity index (χ4v) is 4.32. The van der Waals surface area contributed by atoms with Crippen molar-refractivity contribution in [2.24, 2.45) is 5.92 Å². The molecule has 4 rings (SSSR count). The third kappa shape index (κ3) is 3.79. The van der Waals surface area contributed by atoms with Crippen LogP contribution in [0.1, 0.15) is 19.3 Å². The molecule has 0 spiro atoms. The van der Waals surface area contributed by atoms with Crippen LogP contribution in [-0.2, 0) is 9.47 Å². The highest BCUT2D eigenvalue weighted by molar-refractivity contribution is 7.18. The Kier molecular flexibility index (Phi) is 5.11. The fourth-order valence-electron chi connectivity index (χ4n) is 3.35. The summed E-state index contributed by atoms with van der Waals surface area (Å²) in [6.45, 7) is 4.71. The zero-order chi connectivity index (χ0) is 16.2. The SMILES string of the molecule is c1ccc(-c2cnc(N3CCC(OCC4CCOC4)CC3)s2)cc1. The monoisotopic (exact) mass is 344 g/mol. The Labute approximate surface area is 147 Å². The minimum absolute atomic E-state index is 0.399. The Morgan fingerprint density at radius 2 is 2.00 bits per heavy atom. The molecule has 0 radical (unpaired) electrons. The van der Waals surface area contributed by atoms with E-state index in [1.807, 2.05) is 12.3 Å². The number of benzene rings is 1. The van der Waals surface area contributed by atoms with E-state index in [9.17, 15) is 0 Å². The van der Waals surface area contributed by atoms with Crippen molar-refractivity contribution in [2.75, 3.05) is 37.8 Å². The second kappa shape index (κ2) is 7.64. The van der Waals surface area contributed by atoms with Gasteiger partial charge in [-0.1, -0.05) is 41.7 Å². The number of anilines is 1. The maximum absolute atomic E-state index is 6.10. The van der Waals surface area contributed by atoms with Gasteiger partial charge in [-0.2, -0.15) is 0 Å². The maximum Gasteiger partial charge on any atom is 0.185 e. The van der Waals surface area contributed by atoms with Crippen LogP contribution in [0.5, 0.6) is 0 Å². The molecule has 0 saturated carbocycles. The number of ether oxygens (including phenoxy) is 2. The van der Waals surface area contributed by atoms with Gasteiger partial charge in [0.25, 0.3) is 0 Å². The molecule has 0 bridgehead atoms. The quantitative estimate of drug-likeness (QED) is 0.826. The van der Waals surface area contributed by atoms with Gasteiger partial charge in [0.2, 0.25) is 0 Å². The molecule has 1 unspecified atom stereocenters. The Morgan fingerprint density at radius 3 is 2.75 bits per heavy atom. The van der Waals surface area contributed by atoms with Gasteiger partial charge < -0.3 is 14.4 Å². The third-order valence-electron chi connectivity index (χ3n) is 4.86. The van der Waals surface area contributed by atoms with Crippen molar-refractivity contribution in [1.82, 2.24) is 4.98 Å². The average Bonchev–Trinajstić information content (AvgIpc) is 3.33. The number of aromatic nitrogens is 1. The van der Waals surface area contributed by atoms with Crippen LogP contribution in [0.15, 0.2) is 36.5 Å². The van der Waals surface area contributed by atoms with E-state index in [2.05, 4.69) is 34.1 Å². The summed E-state index contributed by atoms with van der Waals surface area (Å²) < 4.78 is 11.5. The van der Waals surface area contributed by atoms with E-state index in [1.165, 1.54) is 10.4 Å². The van der Waals surface area contributed by atoms with Crippen LogP contribution in [-0.4, -0.2) is 44.0 Å². The van der Waals surface area contributed by atoms with Crippen LogP contribution in [0.25, 0.3) is 10.4 Å². The lowest BCUT2D eigenvalue weighted by molar-refractivity contribution is 0.0132. The molecule has 128 valence electrons. The molecule has 1 aromatic carbocycles. The summed E-state index contributed by atoms with van der Waals surface area (Å²) in [4.78, 5) is 8.28. The van der Waals surface area contributed by atoms with E-state index in [0.29, 0.717) is 12.0 Å². The molecule has 0 N–H and O–H groups in total. The van der Waals surface area contributed by atoms with Crippen LogP contribution in [0.2, 0.25) is 0 Å². The Bertz CT molecular complexity index is 632. The van der Waals surface area contributed by atoms with Gasteiger partial charge in [-0.15, -0.1) is 0 Å². The van der Waals surface area contributed by atoms with Gasteiger partial charge in [0.1, 0.15) is 0 Å². The number of hydrogen-bond acceptors (Lipinski definition) is 5. The van der Waals surface area contributed by atoms with E-state index in [1.54, 1.807) is 11.3 Å². The molecule has 0 aliphatic carbocycles. The first kappa shape index (κ1) is 16.1. The largest absolute Gasteiger partial charge is 0.381 e. The maximum atomic E-state index is 6.10. The molecule has 1 atom stereocenters. The Balaban J connectivity index is 1.29. The summed E-state index contributed by atoms with van der Waals surface area (Å²) in [5.41, 5.74) is 1.25. The van der Waals surface area contributed by atoms with Gasteiger partial charge >= 0.3 is 0 Å². The summed E-state index contributed by atoms with van der Waals surface area (Å²) >= 11 is 1.78. The molecule has 2 fully saturated rings. The predicted octanol–water partition coefficient (Wildman–Crippen LogP) is 3.83. The average molecular weight is 344 g/mol. The van der Waals surface area contributed by atoms with Crippen LogP contribution in [0.3, 0.4) is 0 Å². The van der Waals surface area contributed by atoms with E-state index in [0.717, 1.165) is 57.3 Å². The number of rotatable bonds is 5. The topological polar surface area (TPSA) is 34.6 Å². The van der Waals surface area contributed by atoms with Gasteiger partial charge in [0.15, 0.2) is 5.13 Å². The minimum Gasteiger partial charge on any atom is -0.381 e. The zero-order valence-electron chi connectivity index (χ0n) is 13.9. The van der Waals surface area contributed by atoms with Crippen molar-refractivity contribution in [3.63, 3.8) is 0 Å². The number of thiazole rings is 1. The van der Waals surface area contributed by atoms with Crippen molar-refractivity contribution in [3.05, 3.63) is 36.5 Å². The lowest BCUT2D eigenvalue weighted by Gasteiger charge is -2.32. The van der Waals surface area contributed by atoms with E-state index >= 15 is 0 Å². The molecule has 1 aromatic heterocycles. The van der Waals surface area contributed by atoms with E-state index < -0.39 is 0 Å². The summed E-state index contributed by atoms with van der Waals surface area (Å²) in [5.74, 6) is 0.607. The molecule has 4 nitrogen and oxygen atoms in total. The third-order valence-corrected chi connectivity index (χ3v) is 5.96. The first-order chi connectivity index (χ1) is 11.9. The molecule has 2 aliphatic rings. The molecule has 3 heterocycles. The van der Waals surface area contributed by atoms with E-state index in [4.69, 9.17) is 9.47 Å². The minimum atomic E-state index is 0.399. The molecule has 0 amide bonds. The van der Waals surface area contributed by atoms with Gasteiger partial charge in [-0.3, -0.25) is 0 Å². The summed E-state index contributed by atoms with van der Waals surface area (Å²) in [6.07, 6.45) is 5.73. The fraction of sp³-hybridized carbons (Fsp3) is 0.526. The summed E-state index contributed by atoms with van der Waals surface area (Å²) in [6, 6.07) is 10.5. The molecule has 2 aromatic rings. The Hall–Kier alpha value is -1.43. The number of nitrogens with zero attached hydrogens (tertiary/aromatic N) is 2. The predicted molar refractivity (Wildman–Crippen MR) is 97.7 cm³/mol. The van der Waals surface area contributed by atoms with Gasteiger partial charge in [0, 0.05) is 31.8 Å². The molecule has 24 heavy (non-hydrogen) atoms. The van der Waals surface area contributed by atoms with E-state index in [-0.39, 0.29) is 0 Å². The standard InChI is InChI=1S/C19H24N2O2S/c1-2-4-16(5-3-1)18-12-20-19(24-18)21-9-6-17(7-10-21)23-14-15-8-11-22-13-15/h1-5,12,15,17H,6-11,13-14H2.